The summed E-state index contributed by atoms with van der Waals surface area (Å²) < 4.78 is 1.33. The smallest absolute Gasteiger partial charge is 0.209 e. The minimum Gasteiger partial charge on any atom is -0.358 e. The van der Waals surface area contributed by atoms with Crippen LogP contribution in [0.2, 0.25) is 0 Å². The SMILES string of the molecule is CCC1=C(C)/C(=C/c2[nH]c(C)c(I)c2C)[NH+]=C1C. The van der Waals surface area contributed by atoms with Gasteiger partial charge in [-0.1, -0.05) is 6.92 Å². The maximum absolute atomic E-state index is 3.49. The molecule has 0 bridgehead atoms. The maximum Gasteiger partial charge on any atom is 0.209 e. The van der Waals surface area contributed by atoms with Crippen molar-refractivity contribution >= 4 is 34.4 Å². The van der Waals surface area contributed by atoms with Crippen molar-refractivity contribution in [1.82, 2.24) is 4.98 Å². The van der Waals surface area contributed by atoms with Gasteiger partial charge in [-0.05, 0) is 55.3 Å². The van der Waals surface area contributed by atoms with Crippen molar-refractivity contribution in [3.63, 3.8) is 0 Å². The summed E-state index contributed by atoms with van der Waals surface area (Å²) in [7, 11) is 0. The molecular formula is C15H20IN2+. The van der Waals surface area contributed by atoms with Gasteiger partial charge in [0.2, 0.25) is 5.70 Å². The molecule has 1 aromatic heterocycles. The van der Waals surface area contributed by atoms with Gasteiger partial charge in [0.25, 0.3) is 0 Å². The molecule has 0 saturated heterocycles. The van der Waals surface area contributed by atoms with Crippen LogP contribution in [0.5, 0.6) is 0 Å². The Balaban J connectivity index is 2.48. The third kappa shape index (κ3) is 2.20. The van der Waals surface area contributed by atoms with E-state index in [1.54, 1.807) is 0 Å². The molecule has 1 aliphatic heterocycles. The quantitative estimate of drug-likeness (QED) is 0.765. The standard InChI is InChI=1S/C15H19IN2/c1-6-12-8(2)13(17-10(12)4)7-14-9(3)15(16)11(5)18-14/h7,18H,6H2,1-5H3/p+1/b13-7-. The number of aromatic nitrogens is 1. The number of hydrogen-bond donors (Lipinski definition) is 2. The number of H-pyrrole nitrogens is 1. The first-order valence-corrected chi connectivity index (χ1v) is 7.41. The molecule has 0 aromatic carbocycles. The summed E-state index contributed by atoms with van der Waals surface area (Å²) in [6.45, 7) is 10.9. The van der Waals surface area contributed by atoms with E-state index in [0.717, 1.165) is 6.42 Å². The van der Waals surface area contributed by atoms with Gasteiger partial charge in [0, 0.05) is 39.1 Å². The first-order chi connectivity index (χ1) is 8.45. The summed E-state index contributed by atoms with van der Waals surface area (Å²) in [5, 5.41) is 0. The Morgan fingerprint density at radius 2 is 1.89 bits per heavy atom. The van der Waals surface area contributed by atoms with Crippen LogP contribution in [0.15, 0.2) is 16.8 Å². The van der Waals surface area contributed by atoms with Crippen molar-refractivity contribution in [2.45, 2.75) is 41.0 Å². The predicted octanol–water partition coefficient (Wildman–Crippen LogP) is 2.86. The lowest BCUT2D eigenvalue weighted by Crippen LogP contribution is -2.67. The van der Waals surface area contributed by atoms with Gasteiger partial charge in [0.1, 0.15) is 0 Å². The molecule has 2 heterocycles. The van der Waals surface area contributed by atoms with Gasteiger partial charge < -0.3 is 4.98 Å². The van der Waals surface area contributed by atoms with Gasteiger partial charge in [0.05, 0.1) is 0 Å². The molecule has 2 rings (SSSR count). The summed E-state index contributed by atoms with van der Waals surface area (Å²) in [6.07, 6.45) is 3.31. The van der Waals surface area contributed by atoms with Crippen LogP contribution in [0.4, 0.5) is 0 Å². The highest BCUT2D eigenvalue weighted by molar-refractivity contribution is 14.1. The van der Waals surface area contributed by atoms with Crippen molar-refractivity contribution in [1.29, 1.82) is 0 Å². The van der Waals surface area contributed by atoms with Crippen LogP contribution < -0.4 is 4.99 Å². The molecule has 0 aliphatic carbocycles. The first-order valence-electron chi connectivity index (χ1n) is 6.33. The Morgan fingerprint density at radius 1 is 1.22 bits per heavy atom. The zero-order valence-corrected chi connectivity index (χ0v) is 13.8. The Bertz CT molecular complexity index is 586. The molecule has 18 heavy (non-hydrogen) atoms. The van der Waals surface area contributed by atoms with E-state index in [9.17, 15) is 0 Å². The molecule has 1 aliphatic rings. The average molecular weight is 355 g/mol. The number of allylic oxidation sites excluding steroid dienone is 2. The third-order valence-corrected chi connectivity index (χ3v) is 5.28. The second-order valence-electron chi connectivity index (χ2n) is 4.87. The molecule has 2 N–H and O–H groups in total. The first kappa shape index (κ1) is 13.6. The van der Waals surface area contributed by atoms with Crippen LogP contribution in [-0.2, 0) is 0 Å². The largest absolute Gasteiger partial charge is 0.358 e. The van der Waals surface area contributed by atoms with Gasteiger partial charge in [-0.3, -0.25) is 0 Å². The second-order valence-corrected chi connectivity index (χ2v) is 5.95. The van der Waals surface area contributed by atoms with Crippen LogP contribution in [0.3, 0.4) is 0 Å². The molecule has 1 aromatic rings. The Labute approximate surface area is 122 Å². The maximum atomic E-state index is 3.49. The topological polar surface area (TPSA) is 29.8 Å². The van der Waals surface area contributed by atoms with Gasteiger partial charge in [-0.25, -0.2) is 4.99 Å². The number of aromatic amines is 1. The molecule has 0 spiro atoms. The monoisotopic (exact) mass is 355 g/mol. The summed E-state index contributed by atoms with van der Waals surface area (Å²) in [5.74, 6) is 0. The van der Waals surface area contributed by atoms with E-state index in [1.165, 1.54) is 43.1 Å². The normalized spacial score (nSPS) is 17.9. The Hall–Kier alpha value is -0.840. The molecule has 0 radical (unpaired) electrons. The summed E-state index contributed by atoms with van der Waals surface area (Å²) in [4.78, 5) is 6.94. The van der Waals surface area contributed by atoms with Crippen LogP contribution >= 0.6 is 22.6 Å². The highest BCUT2D eigenvalue weighted by Crippen LogP contribution is 2.24. The molecule has 0 fully saturated rings. The number of halogens is 1. The van der Waals surface area contributed by atoms with E-state index >= 15 is 0 Å². The molecule has 0 saturated carbocycles. The fraction of sp³-hybridized carbons (Fsp3) is 0.400. The van der Waals surface area contributed by atoms with E-state index < -0.39 is 0 Å². The van der Waals surface area contributed by atoms with E-state index in [2.05, 4.69) is 73.3 Å². The van der Waals surface area contributed by atoms with Crippen LogP contribution in [0.25, 0.3) is 6.08 Å². The van der Waals surface area contributed by atoms with Crippen LogP contribution in [-0.4, -0.2) is 10.7 Å². The Kier molecular flexibility index (Phi) is 3.80. The molecule has 96 valence electrons. The number of rotatable bonds is 2. The lowest BCUT2D eigenvalue weighted by molar-refractivity contribution is -0.386. The van der Waals surface area contributed by atoms with E-state index in [-0.39, 0.29) is 0 Å². The highest BCUT2D eigenvalue weighted by atomic mass is 127. The molecule has 0 amide bonds. The van der Waals surface area contributed by atoms with Gasteiger partial charge in [0.15, 0.2) is 5.71 Å². The van der Waals surface area contributed by atoms with E-state index in [4.69, 9.17) is 0 Å². The van der Waals surface area contributed by atoms with Crippen LogP contribution in [0, 0.1) is 17.4 Å². The van der Waals surface area contributed by atoms with Gasteiger partial charge in [-0.15, -0.1) is 0 Å². The van der Waals surface area contributed by atoms with E-state index in [0.29, 0.717) is 0 Å². The Morgan fingerprint density at radius 3 is 2.33 bits per heavy atom. The summed E-state index contributed by atoms with van der Waals surface area (Å²) >= 11 is 2.40. The molecule has 0 unspecified atom stereocenters. The van der Waals surface area contributed by atoms with E-state index in [1.807, 2.05) is 0 Å². The highest BCUT2D eigenvalue weighted by Gasteiger charge is 2.23. The number of aryl methyl sites for hydroxylation is 1. The predicted molar refractivity (Wildman–Crippen MR) is 85.6 cm³/mol. The average Bonchev–Trinajstić information content (AvgIpc) is 2.72. The fourth-order valence-corrected chi connectivity index (χ4v) is 2.95. The lowest BCUT2D eigenvalue weighted by Gasteiger charge is -1.95. The lowest BCUT2D eigenvalue weighted by atomic mass is 10.0. The van der Waals surface area contributed by atoms with Gasteiger partial charge >= 0.3 is 0 Å². The van der Waals surface area contributed by atoms with Crippen molar-refractivity contribution in [3.8, 4) is 0 Å². The zero-order valence-electron chi connectivity index (χ0n) is 11.7. The van der Waals surface area contributed by atoms with Crippen LogP contribution in [0.1, 0.15) is 44.1 Å². The fourth-order valence-electron chi connectivity index (χ4n) is 2.53. The molecule has 0 atom stereocenters. The summed E-state index contributed by atoms with van der Waals surface area (Å²) in [5.41, 5.74) is 9.12. The third-order valence-electron chi connectivity index (χ3n) is 3.66. The number of nitrogens with one attached hydrogen (secondary N) is 2. The van der Waals surface area contributed by atoms with Crippen molar-refractivity contribution in [3.05, 3.63) is 37.4 Å². The minimum atomic E-state index is 1.09. The molecule has 2 nitrogen and oxygen atoms in total. The second kappa shape index (κ2) is 5.03. The van der Waals surface area contributed by atoms with Crippen molar-refractivity contribution < 1.29 is 4.99 Å². The summed E-state index contributed by atoms with van der Waals surface area (Å²) in [6, 6.07) is 0. The van der Waals surface area contributed by atoms with Crippen molar-refractivity contribution in [2.75, 3.05) is 0 Å². The van der Waals surface area contributed by atoms with Gasteiger partial charge in [-0.2, -0.15) is 0 Å². The molecule has 3 heteroatoms. The van der Waals surface area contributed by atoms with Crippen molar-refractivity contribution in [2.24, 2.45) is 0 Å². The number of hydrogen-bond acceptors (Lipinski definition) is 0. The minimum absolute atomic E-state index is 1.09. The zero-order chi connectivity index (χ0) is 13.4. The molecular weight excluding hydrogens is 335 g/mol.